The number of nitrogens with zero attached hydrogens (tertiary/aromatic N) is 2. The predicted molar refractivity (Wildman–Crippen MR) is 112 cm³/mol. The van der Waals surface area contributed by atoms with Gasteiger partial charge in [0.15, 0.2) is 11.5 Å². The molecule has 0 spiro atoms. The van der Waals surface area contributed by atoms with Gasteiger partial charge in [-0.2, -0.15) is 10.1 Å². The summed E-state index contributed by atoms with van der Waals surface area (Å²) in [6, 6.07) is 16.9. The molecule has 1 N–H and O–H groups in total. The van der Waals surface area contributed by atoms with Crippen molar-refractivity contribution in [2.75, 3.05) is 12.1 Å². The van der Waals surface area contributed by atoms with Gasteiger partial charge in [0.25, 0.3) is 5.91 Å². The van der Waals surface area contributed by atoms with E-state index in [4.69, 9.17) is 16.3 Å². The van der Waals surface area contributed by atoms with Gasteiger partial charge >= 0.3 is 0 Å². The average molecular weight is 393 g/mol. The molecule has 0 saturated heterocycles. The minimum absolute atomic E-state index is 0.132. The summed E-state index contributed by atoms with van der Waals surface area (Å²) >= 11 is 6.05. The first-order valence-corrected chi connectivity index (χ1v) is 9.03. The number of halogens is 1. The Bertz CT molecular complexity index is 1170. The number of carbonyl (C=O) groups is 1. The van der Waals surface area contributed by atoms with Crippen LogP contribution in [0.3, 0.4) is 0 Å². The Hall–Kier alpha value is -3.31. The topological polar surface area (TPSA) is 62.1 Å². The van der Waals surface area contributed by atoms with Crippen molar-refractivity contribution in [3.05, 3.63) is 70.8 Å². The van der Waals surface area contributed by atoms with E-state index < -0.39 is 0 Å². The number of ether oxygens (including phenoxy) is 1. The Labute approximate surface area is 167 Å². The average Bonchev–Trinajstić information content (AvgIpc) is 2.98. The summed E-state index contributed by atoms with van der Waals surface area (Å²) < 4.78 is 5.13. The molecule has 0 saturated carbocycles. The summed E-state index contributed by atoms with van der Waals surface area (Å²) in [4.78, 5) is 13.0. The highest BCUT2D eigenvalue weighted by molar-refractivity contribution is 6.33. The number of fused-ring (bicyclic) bond motifs is 1. The maximum absolute atomic E-state index is 13.0. The number of anilines is 1. The van der Waals surface area contributed by atoms with E-state index in [9.17, 15) is 9.90 Å². The third-order valence-corrected chi connectivity index (χ3v) is 4.91. The third-order valence-electron chi connectivity index (χ3n) is 4.62. The number of methoxy groups -OCH3 is 1. The molecule has 0 bridgehead atoms. The molecule has 0 radical (unpaired) electrons. The molecule has 1 aliphatic rings. The van der Waals surface area contributed by atoms with Gasteiger partial charge in [0.2, 0.25) is 0 Å². The molecular formula is C22H17ClN2O3. The molecule has 140 valence electrons. The van der Waals surface area contributed by atoms with E-state index in [-0.39, 0.29) is 22.4 Å². The lowest BCUT2D eigenvalue weighted by atomic mass is 10.1. The number of hydrogen-bond acceptors (Lipinski definition) is 4. The fraction of sp³-hybridized carbons (Fsp3) is 0.0909. The summed E-state index contributed by atoms with van der Waals surface area (Å²) in [6.07, 6.45) is 1.69. The number of benzene rings is 3. The third kappa shape index (κ3) is 3.10. The molecule has 1 amide bonds. The molecule has 0 fully saturated rings. The van der Waals surface area contributed by atoms with Gasteiger partial charge in [-0.1, -0.05) is 41.9 Å². The van der Waals surface area contributed by atoms with E-state index in [1.807, 2.05) is 42.5 Å². The first kappa shape index (κ1) is 18.1. The van der Waals surface area contributed by atoms with Crippen LogP contribution in [0.4, 0.5) is 5.69 Å². The monoisotopic (exact) mass is 392 g/mol. The molecule has 1 aliphatic heterocycles. The van der Waals surface area contributed by atoms with Gasteiger partial charge in [-0.05, 0) is 53.6 Å². The Balaban J connectivity index is 1.71. The molecule has 4 rings (SSSR count). The summed E-state index contributed by atoms with van der Waals surface area (Å²) in [5.74, 6) is -0.117. The van der Waals surface area contributed by atoms with Gasteiger partial charge in [0, 0.05) is 0 Å². The maximum atomic E-state index is 13.0. The SMILES string of the molecule is COc1cc(/C=C2\C(=O)N(c3ccc4ccccc4c3)N=C2C)cc(Cl)c1O. The lowest BCUT2D eigenvalue weighted by molar-refractivity contribution is -0.114. The van der Waals surface area contributed by atoms with Crippen molar-refractivity contribution in [1.29, 1.82) is 0 Å². The van der Waals surface area contributed by atoms with Crippen LogP contribution in [-0.2, 0) is 4.79 Å². The first-order valence-electron chi connectivity index (χ1n) is 8.65. The first-order chi connectivity index (χ1) is 13.5. The van der Waals surface area contributed by atoms with Gasteiger partial charge in [-0.25, -0.2) is 0 Å². The maximum Gasteiger partial charge on any atom is 0.280 e. The van der Waals surface area contributed by atoms with E-state index in [0.29, 0.717) is 22.5 Å². The quantitative estimate of drug-likeness (QED) is 0.637. The number of carbonyl (C=O) groups excluding carboxylic acids is 1. The normalized spacial score (nSPS) is 15.4. The second-order valence-corrected chi connectivity index (χ2v) is 6.85. The zero-order valence-electron chi connectivity index (χ0n) is 15.3. The van der Waals surface area contributed by atoms with Crippen molar-refractivity contribution in [2.45, 2.75) is 6.92 Å². The molecule has 0 unspecified atom stereocenters. The predicted octanol–water partition coefficient (Wildman–Crippen LogP) is 5.01. The highest BCUT2D eigenvalue weighted by Gasteiger charge is 2.29. The minimum atomic E-state index is -0.226. The van der Waals surface area contributed by atoms with Crippen molar-refractivity contribution in [3.63, 3.8) is 0 Å². The number of hydrazone groups is 1. The summed E-state index contributed by atoms with van der Waals surface area (Å²) in [5, 5.41) is 18.0. The van der Waals surface area contributed by atoms with Crippen LogP contribution in [0.2, 0.25) is 5.02 Å². The molecule has 28 heavy (non-hydrogen) atoms. The molecule has 3 aromatic carbocycles. The largest absolute Gasteiger partial charge is 0.503 e. The zero-order valence-corrected chi connectivity index (χ0v) is 16.1. The molecule has 3 aromatic rings. The standard InChI is InChI=1S/C22H17ClN2O3/c1-13-18(9-14-10-19(23)21(26)20(11-14)28-2)22(27)25(24-13)17-8-7-15-5-3-4-6-16(15)12-17/h3-12,26H,1-2H3/b18-9-. The van der Waals surface area contributed by atoms with Crippen molar-refractivity contribution in [3.8, 4) is 11.5 Å². The molecule has 1 heterocycles. The summed E-state index contributed by atoms with van der Waals surface area (Å²) in [6.45, 7) is 1.78. The van der Waals surface area contributed by atoms with Crippen LogP contribution in [0, 0.1) is 0 Å². The highest BCUT2D eigenvalue weighted by atomic mass is 35.5. The van der Waals surface area contributed by atoms with E-state index >= 15 is 0 Å². The van der Waals surface area contributed by atoms with E-state index in [1.54, 1.807) is 25.1 Å². The minimum Gasteiger partial charge on any atom is -0.503 e. The number of rotatable bonds is 3. The van der Waals surface area contributed by atoms with Gasteiger partial charge < -0.3 is 9.84 Å². The number of hydrogen-bond donors (Lipinski definition) is 1. The Morgan fingerprint density at radius 1 is 1.11 bits per heavy atom. The fourth-order valence-electron chi connectivity index (χ4n) is 3.17. The smallest absolute Gasteiger partial charge is 0.280 e. The van der Waals surface area contributed by atoms with E-state index in [0.717, 1.165) is 10.8 Å². The molecular weight excluding hydrogens is 376 g/mol. The highest BCUT2D eigenvalue weighted by Crippen LogP contribution is 2.36. The zero-order chi connectivity index (χ0) is 19.8. The summed E-state index contributed by atoms with van der Waals surface area (Å²) in [7, 11) is 1.44. The second kappa shape index (κ2) is 7.02. The van der Waals surface area contributed by atoms with Gasteiger partial charge in [0.05, 0.1) is 29.1 Å². The number of amides is 1. The number of phenols is 1. The Kier molecular flexibility index (Phi) is 4.53. The number of aromatic hydroxyl groups is 1. The number of phenolic OH excluding ortho intramolecular Hbond substituents is 1. The Morgan fingerprint density at radius 2 is 1.86 bits per heavy atom. The van der Waals surface area contributed by atoms with Crippen molar-refractivity contribution in [2.24, 2.45) is 5.10 Å². The van der Waals surface area contributed by atoms with Gasteiger partial charge in [0.1, 0.15) is 0 Å². The van der Waals surface area contributed by atoms with Crippen LogP contribution < -0.4 is 9.75 Å². The van der Waals surface area contributed by atoms with Gasteiger partial charge in [-0.15, -0.1) is 0 Å². The molecule has 6 heteroatoms. The van der Waals surface area contributed by atoms with Crippen LogP contribution >= 0.6 is 11.6 Å². The van der Waals surface area contributed by atoms with Crippen molar-refractivity contribution in [1.82, 2.24) is 0 Å². The fourth-order valence-corrected chi connectivity index (χ4v) is 3.39. The summed E-state index contributed by atoms with van der Waals surface area (Å²) in [5.41, 5.74) is 2.39. The second-order valence-electron chi connectivity index (χ2n) is 6.45. The van der Waals surface area contributed by atoms with Crippen LogP contribution in [-0.4, -0.2) is 23.8 Å². The van der Waals surface area contributed by atoms with Crippen LogP contribution in [0.25, 0.3) is 16.8 Å². The lowest BCUT2D eigenvalue weighted by Crippen LogP contribution is -2.21. The Morgan fingerprint density at radius 3 is 2.61 bits per heavy atom. The van der Waals surface area contributed by atoms with Crippen LogP contribution in [0.5, 0.6) is 11.5 Å². The molecule has 0 atom stereocenters. The van der Waals surface area contributed by atoms with Crippen molar-refractivity contribution >= 4 is 45.8 Å². The van der Waals surface area contributed by atoms with E-state index in [1.165, 1.54) is 12.1 Å². The van der Waals surface area contributed by atoms with Gasteiger partial charge in [-0.3, -0.25) is 4.79 Å². The van der Waals surface area contributed by atoms with Crippen LogP contribution in [0.15, 0.2) is 65.3 Å². The van der Waals surface area contributed by atoms with E-state index in [2.05, 4.69) is 5.10 Å². The lowest BCUT2D eigenvalue weighted by Gasteiger charge is -2.12. The van der Waals surface area contributed by atoms with Crippen LogP contribution in [0.1, 0.15) is 12.5 Å². The molecule has 0 aliphatic carbocycles. The molecule has 5 nitrogen and oxygen atoms in total. The van der Waals surface area contributed by atoms with Crippen molar-refractivity contribution < 1.29 is 14.6 Å². The molecule has 0 aromatic heterocycles.